The van der Waals surface area contributed by atoms with Gasteiger partial charge in [-0.3, -0.25) is 19.1 Å². The van der Waals surface area contributed by atoms with Gasteiger partial charge in [0.05, 0.1) is 11.1 Å². The van der Waals surface area contributed by atoms with E-state index in [-0.39, 0.29) is 23.9 Å². The van der Waals surface area contributed by atoms with E-state index in [9.17, 15) is 9.59 Å². The summed E-state index contributed by atoms with van der Waals surface area (Å²) in [5.74, 6) is 0.238. The highest BCUT2D eigenvalue weighted by Gasteiger charge is 2.18. The van der Waals surface area contributed by atoms with Gasteiger partial charge in [0.2, 0.25) is 11.7 Å². The van der Waals surface area contributed by atoms with E-state index in [1.165, 1.54) is 10.6 Å². The lowest BCUT2D eigenvalue weighted by molar-refractivity contribution is -0.116. The van der Waals surface area contributed by atoms with Crippen LogP contribution in [0.15, 0.2) is 94.4 Å². The molecular formula is C24H17N5O3. The third-order valence-corrected chi connectivity index (χ3v) is 4.93. The molecule has 0 aliphatic rings. The minimum Gasteiger partial charge on any atom is -0.334 e. The van der Waals surface area contributed by atoms with Crippen molar-refractivity contribution in [1.29, 1.82) is 0 Å². The summed E-state index contributed by atoms with van der Waals surface area (Å²) in [4.78, 5) is 34.2. The standard InChI is InChI=1S/C24H17N5O3/c30-21(26-16-8-2-1-3-9-16)15-29-20-12-5-4-10-17(20)18(14-22(29)31)24-27-23(28-32-24)19-11-6-7-13-25-19/h1-14H,15H2,(H,26,30). The molecule has 0 radical (unpaired) electrons. The first-order valence-corrected chi connectivity index (χ1v) is 9.92. The summed E-state index contributed by atoms with van der Waals surface area (Å²) in [5.41, 5.74) is 1.98. The lowest BCUT2D eigenvalue weighted by Crippen LogP contribution is -2.27. The molecule has 0 saturated carbocycles. The van der Waals surface area contributed by atoms with E-state index in [4.69, 9.17) is 4.52 Å². The summed E-state index contributed by atoms with van der Waals surface area (Å²) in [6.45, 7) is -0.127. The maximum Gasteiger partial charge on any atom is 0.259 e. The molecule has 3 aromatic heterocycles. The number of hydrogen-bond acceptors (Lipinski definition) is 6. The summed E-state index contributed by atoms with van der Waals surface area (Å²) >= 11 is 0. The maximum atomic E-state index is 13.0. The number of nitrogens with one attached hydrogen (secondary N) is 1. The monoisotopic (exact) mass is 423 g/mol. The van der Waals surface area contributed by atoms with Crippen LogP contribution in [0.1, 0.15) is 0 Å². The van der Waals surface area contributed by atoms with Crippen LogP contribution in [-0.2, 0) is 11.3 Å². The van der Waals surface area contributed by atoms with Crippen LogP contribution >= 0.6 is 0 Å². The van der Waals surface area contributed by atoms with E-state index in [2.05, 4.69) is 20.4 Å². The molecule has 0 bridgehead atoms. The molecule has 0 atom stereocenters. The molecule has 0 unspecified atom stereocenters. The minimum atomic E-state index is -0.348. The van der Waals surface area contributed by atoms with E-state index >= 15 is 0 Å². The first-order chi connectivity index (χ1) is 15.7. The zero-order valence-electron chi connectivity index (χ0n) is 16.8. The lowest BCUT2D eigenvalue weighted by Gasteiger charge is -2.12. The van der Waals surface area contributed by atoms with Crippen molar-refractivity contribution in [2.75, 3.05) is 5.32 Å². The van der Waals surface area contributed by atoms with Crippen molar-refractivity contribution >= 4 is 22.5 Å². The van der Waals surface area contributed by atoms with Gasteiger partial charge in [-0.2, -0.15) is 4.98 Å². The van der Waals surface area contributed by atoms with Crippen LogP contribution in [0.2, 0.25) is 0 Å². The summed E-state index contributed by atoms with van der Waals surface area (Å²) in [6.07, 6.45) is 1.64. The number of carbonyl (C=O) groups is 1. The third kappa shape index (κ3) is 3.77. The fourth-order valence-electron chi connectivity index (χ4n) is 3.47. The number of rotatable bonds is 5. The molecule has 0 fully saturated rings. The van der Waals surface area contributed by atoms with Crippen molar-refractivity contribution < 1.29 is 9.32 Å². The Kier molecular flexibility index (Phi) is 5.01. The number of anilines is 1. The normalized spacial score (nSPS) is 10.9. The third-order valence-electron chi connectivity index (χ3n) is 4.93. The number of amides is 1. The second-order valence-electron chi connectivity index (χ2n) is 7.05. The zero-order valence-corrected chi connectivity index (χ0v) is 16.8. The maximum absolute atomic E-state index is 13.0. The van der Waals surface area contributed by atoms with Gasteiger partial charge in [0.25, 0.3) is 11.4 Å². The zero-order chi connectivity index (χ0) is 21.9. The van der Waals surface area contributed by atoms with E-state index < -0.39 is 0 Å². The number of fused-ring (bicyclic) bond motifs is 1. The van der Waals surface area contributed by atoms with Crippen molar-refractivity contribution in [3.63, 3.8) is 0 Å². The number of pyridine rings is 2. The van der Waals surface area contributed by atoms with Crippen molar-refractivity contribution in [1.82, 2.24) is 19.7 Å². The van der Waals surface area contributed by atoms with Gasteiger partial charge in [-0.1, -0.05) is 47.6 Å². The van der Waals surface area contributed by atoms with Gasteiger partial charge in [-0.15, -0.1) is 0 Å². The van der Waals surface area contributed by atoms with Crippen LogP contribution in [0.4, 0.5) is 5.69 Å². The lowest BCUT2D eigenvalue weighted by atomic mass is 10.1. The molecule has 1 amide bonds. The first-order valence-electron chi connectivity index (χ1n) is 9.92. The van der Waals surface area contributed by atoms with Gasteiger partial charge in [0, 0.05) is 23.3 Å². The van der Waals surface area contributed by atoms with E-state index in [0.717, 1.165) is 5.39 Å². The fourth-order valence-corrected chi connectivity index (χ4v) is 3.47. The highest BCUT2D eigenvalue weighted by Crippen LogP contribution is 2.27. The number of carbonyl (C=O) groups excluding carboxylic acids is 1. The van der Waals surface area contributed by atoms with E-state index in [1.54, 1.807) is 36.5 Å². The van der Waals surface area contributed by atoms with Gasteiger partial charge >= 0.3 is 0 Å². The Hall–Kier alpha value is -4.59. The highest BCUT2D eigenvalue weighted by molar-refractivity contribution is 5.95. The van der Waals surface area contributed by atoms with Gasteiger partial charge in [0.15, 0.2) is 0 Å². The van der Waals surface area contributed by atoms with Crippen molar-refractivity contribution in [3.8, 4) is 23.0 Å². The summed E-state index contributed by atoms with van der Waals surface area (Å²) < 4.78 is 6.86. The summed E-state index contributed by atoms with van der Waals surface area (Å²) in [5, 5.41) is 7.52. The van der Waals surface area contributed by atoms with Crippen molar-refractivity contribution in [2.45, 2.75) is 6.54 Å². The molecule has 8 nitrogen and oxygen atoms in total. The number of hydrogen-bond donors (Lipinski definition) is 1. The highest BCUT2D eigenvalue weighted by atomic mass is 16.5. The molecule has 0 aliphatic carbocycles. The molecule has 32 heavy (non-hydrogen) atoms. The number of aromatic nitrogens is 4. The average molecular weight is 423 g/mol. The SMILES string of the molecule is O=C(Cn1c(=O)cc(-c2nc(-c3ccccn3)no2)c2ccccc21)Nc1ccccc1. The molecule has 156 valence electrons. The molecule has 0 spiro atoms. The summed E-state index contributed by atoms with van der Waals surface area (Å²) in [6, 6.07) is 23.2. The predicted octanol–water partition coefficient (Wildman–Crippen LogP) is 3.75. The topological polar surface area (TPSA) is 103 Å². The largest absolute Gasteiger partial charge is 0.334 e. The fraction of sp³-hybridized carbons (Fsp3) is 0.0417. The van der Waals surface area contributed by atoms with E-state index in [0.29, 0.717) is 28.3 Å². The van der Waals surface area contributed by atoms with Crippen LogP contribution in [0, 0.1) is 0 Å². The molecule has 8 heteroatoms. The van der Waals surface area contributed by atoms with Crippen LogP contribution in [0.5, 0.6) is 0 Å². The molecule has 5 rings (SSSR count). The number of benzene rings is 2. The smallest absolute Gasteiger partial charge is 0.259 e. The van der Waals surface area contributed by atoms with Crippen molar-refractivity contribution in [3.05, 3.63) is 95.4 Å². The Morgan fingerprint density at radius 3 is 2.56 bits per heavy atom. The second kappa shape index (κ2) is 8.27. The van der Waals surface area contributed by atoms with Gasteiger partial charge in [-0.05, 0) is 30.3 Å². The predicted molar refractivity (Wildman–Crippen MR) is 120 cm³/mol. The van der Waals surface area contributed by atoms with E-state index in [1.807, 2.05) is 42.5 Å². The molecule has 0 aliphatic heterocycles. The Bertz CT molecular complexity index is 1460. The van der Waals surface area contributed by atoms with Crippen LogP contribution < -0.4 is 10.9 Å². The molecule has 2 aromatic carbocycles. The molecule has 3 heterocycles. The van der Waals surface area contributed by atoms with Crippen LogP contribution in [-0.4, -0.2) is 25.6 Å². The van der Waals surface area contributed by atoms with Crippen LogP contribution in [0.25, 0.3) is 33.9 Å². The molecule has 5 aromatic rings. The van der Waals surface area contributed by atoms with Crippen LogP contribution in [0.3, 0.4) is 0 Å². The minimum absolute atomic E-state index is 0.127. The number of para-hydroxylation sites is 2. The Labute approximate surface area is 182 Å². The van der Waals surface area contributed by atoms with Gasteiger partial charge in [0.1, 0.15) is 12.2 Å². The Morgan fingerprint density at radius 1 is 0.969 bits per heavy atom. The average Bonchev–Trinajstić information content (AvgIpc) is 3.32. The Balaban J connectivity index is 1.53. The number of nitrogens with zero attached hydrogens (tertiary/aromatic N) is 4. The first kappa shape index (κ1) is 19.4. The molecular weight excluding hydrogens is 406 g/mol. The van der Waals surface area contributed by atoms with Gasteiger partial charge < -0.3 is 9.84 Å². The Morgan fingerprint density at radius 2 is 1.75 bits per heavy atom. The molecule has 0 saturated heterocycles. The van der Waals surface area contributed by atoms with Crippen molar-refractivity contribution in [2.24, 2.45) is 0 Å². The summed E-state index contributed by atoms with van der Waals surface area (Å²) in [7, 11) is 0. The second-order valence-corrected chi connectivity index (χ2v) is 7.05. The van der Waals surface area contributed by atoms with Gasteiger partial charge in [-0.25, -0.2) is 0 Å². The quantitative estimate of drug-likeness (QED) is 0.462. The molecule has 1 N–H and O–H groups in total.